The van der Waals surface area contributed by atoms with Crippen LogP contribution in [0.3, 0.4) is 0 Å². The van der Waals surface area contributed by atoms with Gasteiger partial charge in [-0.3, -0.25) is 4.79 Å². The van der Waals surface area contributed by atoms with Gasteiger partial charge in [0.15, 0.2) is 11.8 Å². The molecule has 1 unspecified atom stereocenters. The van der Waals surface area contributed by atoms with Gasteiger partial charge in [0.05, 0.1) is 22.7 Å². The van der Waals surface area contributed by atoms with Crippen molar-refractivity contribution in [3.8, 4) is 28.7 Å². The van der Waals surface area contributed by atoms with Crippen LogP contribution in [0.15, 0.2) is 47.3 Å². The number of aromatic nitrogens is 3. The molecule has 8 nitrogen and oxygen atoms in total. The zero-order valence-electron chi connectivity index (χ0n) is 19.3. The Kier molecular flexibility index (Phi) is 6.72. The lowest BCUT2D eigenvalue weighted by atomic mass is 10.0. The van der Waals surface area contributed by atoms with Crippen LogP contribution in [0.4, 0.5) is 13.2 Å². The normalized spacial score (nSPS) is 12.5. The molecule has 36 heavy (non-hydrogen) atoms. The van der Waals surface area contributed by atoms with E-state index in [9.17, 15) is 22.8 Å². The predicted octanol–water partition coefficient (Wildman–Crippen LogP) is 5.09. The molecule has 0 bridgehead atoms. The van der Waals surface area contributed by atoms with Gasteiger partial charge in [0.1, 0.15) is 5.75 Å². The molecule has 1 N–H and O–H groups in total. The van der Waals surface area contributed by atoms with Crippen LogP contribution in [-0.4, -0.2) is 37.7 Å². The zero-order valence-corrected chi connectivity index (χ0v) is 20.1. The number of carboxylic acid groups (broad SMARTS) is 1. The fraction of sp³-hybridized carbons (Fsp3) is 0.250. The lowest BCUT2D eigenvalue weighted by Gasteiger charge is -2.15. The molecule has 1 atom stereocenters. The van der Waals surface area contributed by atoms with E-state index in [0.717, 1.165) is 14.8 Å². The van der Waals surface area contributed by atoms with Gasteiger partial charge in [-0.05, 0) is 68.2 Å². The van der Waals surface area contributed by atoms with E-state index >= 15 is 0 Å². The number of rotatable bonds is 7. The van der Waals surface area contributed by atoms with E-state index < -0.39 is 35.5 Å². The Hall–Kier alpha value is -3.93. The number of nitrogens with zero attached hydrogens (tertiary/aromatic N) is 3. The minimum Gasteiger partial charge on any atom is -0.479 e. The largest absolute Gasteiger partial charge is 0.479 e. The van der Waals surface area contributed by atoms with Crippen LogP contribution < -0.4 is 15.0 Å². The Morgan fingerprint density at radius 1 is 1.19 bits per heavy atom. The summed E-state index contributed by atoms with van der Waals surface area (Å²) in [6.45, 7) is 4.84. The van der Waals surface area contributed by atoms with Crippen LogP contribution in [0.25, 0.3) is 27.0 Å². The first kappa shape index (κ1) is 25.2. The van der Waals surface area contributed by atoms with Crippen molar-refractivity contribution in [2.24, 2.45) is 0 Å². The highest BCUT2D eigenvalue weighted by Gasteiger charge is 2.34. The third-order valence-corrected chi connectivity index (χ3v) is 6.11. The number of aryl methyl sites for hydroxylation is 1. The molecule has 4 rings (SSSR count). The van der Waals surface area contributed by atoms with Crippen LogP contribution in [0.2, 0.25) is 0 Å². The van der Waals surface area contributed by atoms with Gasteiger partial charge in [0, 0.05) is 17.0 Å². The van der Waals surface area contributed by atoms with Crippen molar-refractivity contribution in [3.63, 3.8) is 0 Å². The minimum atomic E-state index is -4.80. The summed E-state index contributed by atoms with van der Waals surface area (Å²) >= 11 is 1.20. The summed E-state index contributed by atoms with van der Waals surface area (Å²) in [4.78, 5) is 27.4. The quantitative estimate of drug-likeness (QED) is 0.363. The molecule has 12 heteroatoms. The molecular formula is C24H20F3N3O5S. The van der Waals surface area contributed by atoms with Crippen LogP contribution in [0.1, 0.15) is 25.1 Å². The molecule has 2 aromatic carbocycles. The first-order chi connectivity index (χ1) is 17.0. The van der Waals surface area contributed by atoms with Gasteiger partial charge in [-0.2, -0.15) is 22.5 Å². The van der Waals surface area contributed by atoms with Gasteiger partial charge in [-0.25, -0.2) is 9.36 Å². The van der Waals surface area contributed by atoms with Gasteiger partial charge in [0.25, 0.3) is 5.56 Å². The zero-order chi connectivity index (χ0) is 26.2. The molecule has 0 aliphatic heterocycles. The monoisotopic (exact) mass is 519 g/mol. The Morgan fingerprint density at radius 3 is 2.61 bits per heavy atom. The summed E-state index contributed by atoms with van der Waals surface area (Å²) in [5.41, 5.74) is 0.0350. The van der Waals surface area contributed by atoms with Crippen molar-refractivity contribution in [1.29, 1.82) is 0 Å². The summed E-state index contributed by atoms with van der Waals surface area (Å²) < 4.78 is 56.7. The number of halogens is 3. The topological polar surface area (TPSA) is 104 Å². The molecule has 0 saturated heterocycles. The van der Waals surface area contributed by atoms with Crippen molar-refractivity contribution in [3.05, 3.63) is 64.1 Å². The second kappa shape index (κ2) is 9.61. The molecule has 2 heterocycles. The molecule has 0 radical (unpaired) electrons. The van der Waals surface area contributed by atoms with E-state index in [-0.39, 0.29) is 12.3 Å². The molecule has 0 aliphatic carbocycles. The van der Waals surface area contributed by atoms with Crippen LogP contribution in [-0.2, 0) is 11.0 Å². The van der Waals surface area contributed by atoms with Crippen molar-refractivity contribution in [1.82, 2.24) is 13.9 Å². The highest BCUT2D eigenvalue weighted by molar-refractivity contribution is 7.13. The fourth-order valence-corrected chi connectivity index (χ4v) is 4.28. The fourth-order valence-electron chi connectivity index (χ4n) is 3.51. The van der Waals surface area contributed by atoms with Gasteiger partial charge < -0.3 is 14.6 Å². The average molecular weight is 520 g/mol. The van der Waals surface area contributed by atoms with E-state index in [1.54, 1.807) is 43.3 Å². The van der Waals surface area contributed by atoms with Crippen LogP contribution in [0.5, 0.6) is 11.8 Å². The van der Waals surface area contributed by atoms with Crippen molar-refractivity contribution >= 4 is 27.6 Å². The maximum absolute atomic E-state index is 13.2. The number of hydrogen-bond acceptors (Lipinski definition) is 7. The number of fused-ring (bicyclic) bond motifs is 1. The molecule has 0 fully saturated rings. The number of benzene rings is 2. The second-order valence-corrected chi connectivity index (χ2v) is 8.62. The van der Waals surface area contributed by atoms with Gasteiger partial charge in [-0.15, -0.1) is 0 Å². The van der Waals surface area contributed by atoms with Gasteiger partial charge >= 0.3 is 18.2 Å². The first-order valence-electron chi connectivity index (χ1n) is 10.7. The molecule has 0 spiro atoms. The minimum absolute atomic E-state index is 0.00199. The third-order valence-electron chi connectivity index (χ3n) is 5.29. The summed E-state index contributed by atoms with van der Waals surface area (Å²) in [7, 11) is 0. The van der Waals surface area contributed by atoms with Crippen molar-refractivity contribution < 1.29 is 32.5 Å². The molecule has 0 amide bonds. The van der Waals surface area contributed by atoms with Gasteiger partial charge in [-0.1, -0.05) is 6.07 Å². The van der Waals surface area contributed by atoms with Gasteiger partial charge in [0.2, 0.25) is 0 Å². The van der Waals surface area contributed by atoms with E-state index in [0.29, 0.717) is 28.5 Å². The maximum Gasteiger partial charge on any atom is 0.433 e. The summed E-state index contributed by atoms with van der Waals surface area (Å²) in [5.74, 6) is -0.772. The summed E-state index contributed by atoms with van der Waals surface area (Å²) in [6.07, 6.45) is -5.86. The predicted molar refractivity (Wildman–Crippen MR) is 127 cm³/mol. The summed E-state index contributed by atoms with van der Waals surface area (Å²) in [5, 5.41) is 9.77. The van der Waals surface area contributed by atoms with E-state index in [1.807, 2.05) is 6.92 Å². The maximum atomic E-state index is 13.2. The lowest BCUT2D eigenvalue weighted by molar-refractivity contribution is -0.144. The van der Waals surface area contributed by atoms with Crippen LogP contribution in [0, 0.1) is 6.92 Å². The Bertz CT molecular complexity index is 1510. The molecule has 2 aromatic heterocycles. The highest BCUT2D eigenvalue weighted by atomic mass is 32.1. The van der Waals surface area contributed by atoms with Crippen molar-refractivity contribution in [2.45, 2.75) is 33.1 Å². The third kappa shape index (κ3) is 4.89. The Balaban J connectivity index is 1.85. The lowest BCUT2D eigenvalue weighted by Crippen LogP contribution is -2.25. The SMILES string of the molecule is CCOc1nc(C(F)(F)F)cc(=O)n1-c1ccc2snc(-c3cc(OC(C)C(=O)O)ccc3C)c2c1. The number of alkyl halides is 3. The number of hydrogen-bond donors (Lipinski definition) is 1. The molecule has 0 aliphatic rings. The van der Waals surface area contributed by atoms with Crippen molar-refractivity contribution in [2.75, 3.05) is 6.61 Å². The highest BCUT2D eigenvalue weighted by Crippen LogP contribution is 2.36. The number of carboxylic acids is 1. The number of ether oxygens (including phenoxy) is 2. The first-order valence-corrected chi connectivity index (χ1v) is 11.5. The van der Waals surface area contributed by atoms with Crippen LogP contribution >= 0.6 is 11.5 Å². The molecule has 4 aromatic rings. The van der Waals surface area contributed by atoms with E-state index in [4.69, 9.17) is 14.6 Å². The number of aliphatic carboxylic acids is 1. The standard InChI is InChI=1S/C24H20F3N3O5S/c1-4-34-23-28-19(24(25,26)27)11-20(31)30(23)14-6-8-18-17(9-14)21(29-36-18)16-10-15(7-5-12(16)2)35-13(3)22(32)33/h5-11,13H,4H2,1-3H3,(H,32,33). The van der Waals surface area contributed by atoms with E-state index in [1.165, 1.54) is 18.5 Å². The average Bonchev–Trinajstić information content (AvgIpc) is 3.22. The Morgan fingerprint density at radius 2 is 1.94 bits per heavy atom. The second-order valence-electron chi connectivity index (χ2n) is 7.82. The summed E-state index contributed by atoms with van der Waals surface area (Å²) in [6, 6.07) is 9.95. The molecule has 188 valence electrons. The number of carbonyl (C=O) groups is 1. The smallest absolute Gasteiger partial charge is 0.433 e. The van der Waals surface area contributed by atoms with E-state index in [2.05, 4.69) is 9.36 Å². The molecular weight excluding hydrogens is 499 g/mol. The Labute approximate surface area is 206 Å². The molecule has 0 saturated carbocycles.